The number of methoxy groups -OCH3 is 1. The van der Waals surface area contributed by atoms with E-state index in [-0.39, 0.29) is 5.60 Å². The lowest BCUT2D eigenvalue weighted by Crippen LogP contribution is -2.45. The van der Waals surface area contributed by atoms with Gasteiger partial charge in [0.1, 0.15) is 5.82 Å². The maximum atomic E-state index is 5.67. The number of hydrogen-bond acceptors (Lipinski definition) is 5. The SMILES string of the molecule is CCC1(OC)CCN(c2nccc(N)n2)CC1. The van der Waals surface area contributed by atoms with E-state index in [1.165, 1.54) is 0 Å². The van der Waals surface area contributed by atoms with Crippen molar-refractivity contribution < 1.29 is 4.74 Å². The summed E-state index contributed by atoms with van der Waals surface area (Å²) in [5.74, 6) is 1.25. The lowest BCUT2D eigenvalue weighted by molar-refractivity contribution is -0.0324. The molecule has 2 N–H and O–H groups in total. The third kappa shape index (κ3) is 2.49. The van der Waals surface area contributed by atoms with Crippen LogP contribution < -0.4 is 10.6 Å². The summed E-state index contributed by atoms with van der Waals surface area (Å²) in [6.07, 6.45) is 4.78. The average molecular weight is 236 g/mol. The van der Waals surface area contributed by atoms with Crippen LogP contribution in [0.3, 0.4) is 0 Å². The van der Waals surface area contributed by atoms with Crippen LogP contribution in [-0.4, -0.2) is 35.8 Å². The van der Waals surface area contributed by atoms with Crippen LogP contribution in [0.15, 0.2) is 12.3 Å². The molecule has 1 aliphatic heterocycles. The molecule has 0 aromatic carbocycles. The first-order chi connectivity index (χ1) is 8.19. The molecule has 0 saturated carbocycles. The van der Waals surface area contributed by atoms with Crippen molar-refractivity contribution in [1.29, 1.82) is 0 Å². The summed E-state index contributed by atoms with van der Waals surface area (Å²) < 4.78 is 5.64. The van der Waals surface area contributed by atoms with E-state index < -0.39 is 0 Å². The van der Waals surface area contributed by atoms with Crippen LogP contribution in [-0.2, 0) is 4.74 Å². The van der Waals surface area contributed by atoms with Crippen molar-refractivity contribution >= 4 is 11.8 Å². The zero-order valence-corrected chi connectivity index (χ0v) is 10.5. The Morgan fingerprint density at radius 3 is 2.71 bits per heavy atom. The van der Waals surface area contributed by atoms with Crippen LogP contribution in [0.4, 0.5) is 11.8 Å². The molecular formula is C12H20N4O. The van der Waals surface area contributed by atoms with Gasteiger partial charge in [0.2, 0.25) is 5.95 Å². The van der Waals surface area contributed by atoms with E-state index in [4.69, 9.17) is 10.5 Å². The molecule has 0 amide bonds. The highest BCUT2D eigenvalue weighted by molar-refractivity contribution is 5.38. The third-order valence-corrected chi connectivity index (χ3v) is 3.70. The van der Waals surface area contributed by atoms with Crippen molar-refractivity contribution in [3.05, 3.63) is 12.3 Å². The molecular weight excluding hydrogens is 216 g/mol. The summed E-state index contributed by atoms with van der Waals surface area (Å²) in [7, 11) is 1.80. The first-order valence-electron chi connectivity index (χ1n) is 6.08. The summed E-state index contributed by atoms with van der Waals surface area (Å²) in [5, 5.41) is 0. The fourth-order valence-corrected chi connectivity index (χ4v) is 2.33. The fraction of sp³-hybridized carbons (Fsp3) is 0.667. The van der Waals surface area contributed by atoms with Gasteiger partial charge >= 0.3 is 0 Å². The molecule has 1 saturated heterocycles. The van der Waals surface area contributed by atoms with Crippen molar-refractivity contribution in [1.82, 2.24) is 9.97 Å². The molecule has 1 fully saturated rings. The Morgan fingerprint density at radius 2 is 2.18 bits per heavy atom. The van der Waals surface area contributed by atoms with E-state index >= 15 is 0 Å². The minimum Gasteiger partial charge on any atom is -0.384 e. The Labute approximate surface area is 102 Å². The quantitative estimate of drug-likeness (QED) is 0.860. The molecule has 5 nitrogen and oxygen atoms in total. The molecule has 0 radical (unpaired) electrons. The third-order valence-electron chi connectivity index (χ3n) is 3.70. The van der Waals surface area contributed by atoms with Gasteiger partial charge in [-0.15, -0.1) is 0 Å². The Balaban J connectivity index is 2.04. The Bertz CT molecular complexity index is 369. The van der Waals surface area contributed by atoms with Crippen molar-refractivity contribution in [2.24, 2.45) is 0 Å². The summed E-state index contributed by atoms with van der Waals surface area (Å²) in [4.78, 5) is 10.7. The van der Waals surface area contributed by atoms with E-state index in [9.17, 15) is 0 Å². The smallest absolute Gasteiger partial charge is 0.227 e. The highest BCUT2D eigenvalue weighted by Crippen LogP contribution is 2.30. The number of piperidine rings is 1. The Kier molecular flexibility index (Phi) is 3.47. The number of nitrogens with two attached hydrogens (primary N) is 1. The summed E-state index contributed by atoms with van der Waals surface area (Å²) in [6, 6.07) is 1.71. The van der Waals surface area contributed by atoms with Gasteiger partial charge in [-0.2, -0.15) is 4.98 Å². The van der Waals surface area contributed by atoms with Gasteiger partial charge in [-0.1, -0.05) is 6.92 Å². The maximum Gasteiger partial charge on any atom is 0.227 e. The first kappa shape index (κ1) is 12.1. The van der Waals surface area contributed by atoms with Crippen LogP contribution in [0.5, 0.6) is 0 Å². The molecule has 1 aromatic rings. The highest BCUT2D eigenvalue weighted by atomic mass is 16.5. The number of nitrogens with zero attached hydrogens (tertiary/aromatic N) is 3. The monoisotopic (exact) mass is 236 g/mol. The van der Waals surface area contributed by atoms with Gasteiger partial charge in [-0.3, -0.25) is 0 Å². The molecule has 0 spiro atoms. The molecule has 17 heavy (non-hydrogen) atoms. The van der Waals surface area contributed by atoms with Gasteiger partial charge in [0.05, 0.1) is 5.60 Å². The second kappa shape index (κ2) is 4.87. The van der Waals surface area contributed by atoms with Crippen LogP contribution >= 0.6 is 0 Å². The number of rotatable bonds is 3. The minimum atomic E-state index is 0.0385. The first-order valence-corrected chi connectivity index (χ1v) is 6.08. The van der Waals surface area contributed by atoms with E-state index in [2.05, 4.69) is 21.8 Å². The van der Waals surface area contributed by atoms with Gasteiger partial charge in [-0.05, 0) is 25.3 Å². The highest BCUT2D eigenvalue weighted by Gasteiger charge is 2.33. The predicted octanol–water partition coefficient (Wildman–Crippen LogP) is 1.45. The van der Waals surface area contributed by atoms with Crippen LogP contribution in [0.2, 0.25) is 0 Å². The number of nitrogen functional groups attached to an aromatic ring is 1. The van der Waals surface area contributed by atoms with E-state index in [1.54, 1.807) is 19.4 Å². The van der Waals surface area contributed by atoms with Gasteiger partial charge in [0.25, 0.3) is 0 Å². The molecule has 1 aromatic heterocycles. The normalized spacial score (nSPS) is 19.3. The van der Waals surface area contributed by atoms with E-state index in [1.807, 2.05) is 0 Å². The van der Waals surface area contributed by atoms with Gasteiger partial charge in [-0.25, -0.2) is 4.98 Å². The molecule has 2 rings (SSSR count). The van der Waals surface area contributed by atoms with Crippen LogP contribution in [0.25, 0.3) is 0 Å². The molecule has 5 heteroatoms. The van der Waals surface area contributed by atoms with Gasteiger partial charge < -0.3 is 15.4 Å². The van der Waals surface area contributed by atoms with Crippen LogP contribution in [0, 0.1) is 0 Å². The minimum absolute atomic E-state index is 0.0385. The zero-order chi connectivity index (χ0) is 12.3. The predicted molar refractivity (Wildman–Crippen MR) is 67.9 cm³/mol. The zero-order valence-electron chi connectivity index (χ0n) is 10.5. The summed E-state index contributed by atoms with van der Waals surface area (Å²) in [6.45, 7) is 4.02. The van der Waals surface area contributed by atoms with Crippen LogP contribution in [0.1, 0.15) is 26.2 Å². The number of hydrogen-bond donors (Lipinski definition) is 1. The molecule has 0 unspecified atom stereocenters. The Hall–Kier alpha value is -1.36. The van der Waals surface area contributed by atoms with E-state index in [0.717, 1.165) is 38.3 Å². The van der Waals surface area contributed by atoms with Crippen molar-refractivity contribution in [3.8, 4) is 0 Å². The second-order valence-electron chi connectivity index (χ2n) is 4.51. The van der Waals surface area contributed by atoms with Crippen molar-refractivity contribution in [2.45, 2.75) is 31.8 Å². The van der Waals surface area contributed by atoms with Crippen molar-refractivity contribution in [3.63, 3.8) is 0 Å². The van der Waals surface area contributed by atoms with Crippen molar-refractivity contribution in [2.75, 3.05) is 30.8 Å². The Morgan fingerprint density at radius 1 is 1.47 bits per heavy atom. The maximum absolute atomic E-state index is 5.67. The molecule has 94 valence electrons. The molecule has 0 aliphatic carbocycles. The molecule has 0 bridgehead atoms. The molecule has 0 atom stereocenters. The second-order valence-corrected chi connectivity index (χ2v) is 4.51. The number of ether oxygens (including phenoxy) is 1. The number of anilines is 2. The topological polar surface area (TPSA) is 64.3 Å². The summed E-state index contributed by atoms with van der Waals surface area (Å²) in [5.41, 5.74) is 5.71. The van der Waals surface area contributed by atoms with Gasteiger partial charge in [0, 0.05) is 26.4 Å². The lowest BCUT2D eigenvalue weighted by atomic mass is 9.89. The largest absolute Gasteiger partial charge is 0.384 e. The summed E-state index contributed by atoms with van der Waals surface area (Å²) >= 11 is 0. The fourth-order valence-electron chi connectivity index (χ4n) is 2.33. The average Bonchev–Trinajstić information content (AvgIpc) is 2.39. The number of aromatic nitrogens is 2. The molecule has 2 heterocycles. The van der Waals surface area contributed by atoms with E-state index in [0.29, 0.717) is 5.82 Å². The van der Waals surface area contributed by atoms with Gasteiger partial charge in [0.15, 0.2) is 0 Å². The lowest BCUT2D eigenvalue weighted by Gasteiger charge is -2.40. The molecule has 1 aliphatic rings. The standard InChI is InChI=1S/C12H20N4O/c1-3-12(17-2)5-8-16(9-6-12)11-14-7-4-10(13)15-11/h4,7H,3,5-6,8-9H2,1-2H3,(H2,13,14,15).